The third kappa shape index (κ3) is 2.31. The largest absolute Gasteiger partial charge is 0.383 e. The molecule has 2 bridgehead atoms. The summed E-state index contributed by atoms with van der Waals surface area (Å²) < 4.78 is 0.836. The van der Waals surface area contributed by atoms with Gasteiger partial charge in [-0.3, -0.25) is 0 Å². The summed E-state index contributed by atoms with van der Waals surface area (Å²) in [5.74, 6) is 2.30. The van der Waals surface area contributed by atoms with Crippen molar-refractivity contribution in [3.8, 4) is 0 Å². The molecule has 2 aliphatic carbocycles. The molecule has 3 unspecified atom stereocenters. The van der Waals surface area contributed by atoms with Crippen LogP contribution in [-0.4, -0.2) is 6.54 Å². The molecule has 0 aromatic heterocycles. The van der Waals surface area contributed by atoms with E-state index in [4.69, 9.17) is 23.2 Å². The van der Waals surface area contributed by atoms with Crippen LogP contribution in [0.15, 0.2) is 28.8 Å². The highest BCUT2D eigenvalue weighted by Crippen LogP contribution is 2.44. The first-order chi connectivity index (χ1) is 8.65. The zero-order valence-corrected chi connectivity index (χ0v) is 12.9. The fourth-order valence-electron chi connectivity index (χ4n) is 3.03. The monoisotopic (exact) mass is 345 g/mol. The summed E-state index contributed by atoms with van der Waals surface area (Å²) in [5, 5.41) is 4.62. The number of allylic oxidation sites excluding steroid dienone is 2. The SMILES string of the molecule is Clc1c(Br)ccc(NCC2CC3C=CC2C3)c1Cl. The quantitative estimate of drug-likeness (QED) is 0.572. The first kappa shape index (κ1) is 12.8. The van der Waals surface area contributed by atoms with E-state index in [2.05, 4.69) is 33.4 Å². The van der Waals surface area contributed by atoms with E-state index >= 15 is 0 Å². The molecule has 1 N–H and O–H groups in total. The second-order valence-corrected chi connectivity index (χ2v) is 6.75. The molecule has 96 valence electrons. The van der Waals surface area contributed by atoms with Gasteiger partial charge in [-0.05, 0) is 58.7 Å². The topological polar surface area (TPSA) is 12.0 Å². The van der Waals surface area contributed by atoms with Gasteiger partial charge in [0.15, 0.2) is 0 Å². The summed E-state index contributed by atoms with van der Waals surface area (Å²) in [5.41, 5.74) is 0.927. The molecule has 1 nitrogen and oxygen atoms in total. The Morgan fingerprint density at radius 1 is 1.17 bits per heavy atom. The van der Waals surface area contributed by atoms with Crippen molar-refractivity contribution in [1.29, 1.82) is 0 Å². The molecule has 18 heavy (non-hydrogen) atoms. The van der Waals surface area contributed by atoms with Gasteiger partial charge < -0.3 is 5.32 Å². The molecule has 1 aromatic carbocycles. The van der Waals surface area contributed by atoms with Crippen molar-refractivity contribution in [1.82, 2.24) is 0 Å². The van der Waals surface area contributed by atoms with E-state index < -0.39 is 0 Å². The van der Waals surface area contributed by atoms with Gasteiger partial charge in [-0.15, -0.1) is 0 Å². The number of nitrogens with one attached hydrogen (secondary N) is 1. The van der Waals surface area contributed by atoms with Gasteiger partial charge in [0, 0.05) is 11.0 Å². The zero-order valence-electron chi connectivity index (χ0n) is 9.80. The van der Waals surface area contributed by atoms with Crippen LogP contribution in [0.5, 0.6) is 0 Å². The highest BCUT2D eigenvalue weighted by molar-refractivity contribution is 9.10. The molecule has 0 spiro atoms. The summed E-state index contributed by atoms with van der Waals surface area (Å²) in [4.78, 5) is 0. The number of halogens is 3. The van der Waals surface area contributed by atoms with Crippen LogP contribution < -0.4 is 5.32 Å². The van der Waals surface area contributed by atoms with Crippen molar-refractivity contribution in [3.05, 3.63) is 38.8 Å². The molecule has 0 saturated heterocycles. The van der Waals surface area contributed by atoms with E-state index in [1.54, 1.807) is 0 Å². The first-order valence-electron chi connectivity index (χ1n) is 6.21. The standard InChI is InChI=1S/C14H14BrCl2N/c15-11-3-4-12(14(17)13(11)16)18-7-10-6-8-1-2-9(10)5-8/h1-4,8-10,18H,5-7H2. The molecule has 2 aliphatic rings. The van der Waals surface area contributed by atoms with Crippen molar-refractivity contribution >= 4 is 44.8 Å². The molecule has 3 rings (SSSR count). The maximum atomic E-state index is 6.22. The smallest absolute Gasteiger partial charge is 0.0835 e. The van der Waals surface area contributed by atoms with Crippen LogP contribution in [0.3, 0.4) is 0 Å². The predicted octanol–water partition coefficient (Wildman–Crippen LogP) is 5.38. The Morgan fingerprint density at radius 2 is 2.00 bits per heavy atom. The van der Waals surface area contributed by atoms with Crippen LogP contribution in [0.25, 0.3) is 0 Å². The number of hydrogen-bond acceptors (Lipinski definition) is 1. The van der Waals surface area contributed by atoms with Crippen molar-refractivity contribution in [2.24, 2.45) is 17.8 Å². The lowest BCUT2D eigenvalue weighted by molar-refractivity contribution is 0.472. The van der Waals surface area contributed by atoms with Crippen molar-refractivity contribution < 1.29 is 0 Å². The fourth-order valence-corrected chi connectivity index (χ4v) is 3.87. The third-order valence-electron chi connectivity index (χ3n) is 4.01. The van der Waals surface area contributed by atoms with Gasteiger partial charge in [0.25, 0.3) is 0 Å². The molecule has 0 amide bonds. The summed E-state index contributed by atoms with van der Waals surface area (Å²) in [6.07, 6.45) is 7.37. The van der Waals surface area contributed by atoms with Crippen molar-refractivity contribution in [3.63, 3.8) is 0 Å². The molecule has 1 saturated carbocycles. The Labute approximate surface area is 126 Å². The van der Waals surface area contributed by atoms with Crippen LogP contribution >= 0.6 is 39.1 Å². The summed E-state index contributed by atoms with van der Waals surface area (Å²) >= 11 is 15.7. The predicted molar refractivity (Wildman–Crippen MR) is 81.5 cm³/mol. The normalized spacial score (nSPS) is 28.9. The molecule has 1 fully saturated rings. The Kier molecular flexibility index (Phi) is 3.61. The average Bonchev–Trinajstić information content (AvgIpc) is 2.97. The molecular weight excluding hydrogens is 333 g/mol. The van der Waals surface area contributed by atoms with Crippen LogP contribution in [0.2, 0.25) is 10.0 Å². The molecular formula is C14H14BrCl2N. The van der Waals surface area contributed by atoms with E-state index in [0.717, 1.165) is 34.5 Å². The van der Waals surface area contributed by atoms with Gasteiger partial charge in [0.05, 0.1) is 15.7 Å². The highest BCUT2D eigenvalue weighted by atomic mass is 79.9. The molecule has 0 heterocycles. The Morgan fingerprint density at radius 3 is 2.67 bits per heavy atom. The first-order valence-corrected chi connectivity index (χ1v) is 7.75. The number of benzene rings is 1. The maximum absolute atomic E-state index is 6.22. The zero-order chi connectivity index (χ0) is 12.7. The van der Waals surface area contributed by atoms with E-state index in [1.807, 2.05) is 12.1 Å². The number of hydrogen-bond donors (Lipinski definition) is 1. The number of fused-ring (bicyclic) bond motifs is 2. The highest BCUT2D eigenvalue weighted by Gasteiger charge is 2.35. The van der Waals surface area contributed by atoms with E-state index in [9.17, 15) is 0 Å². The number of anilines is 1. The Balaban J connectivity index is 1.67. The second kappa shape index (κ2) is 5.07. The molecule has 0 radical (unpaired) electrons. The lowest BCUT2D eigenvalue weighted by Gasteiger charge is -2.20. The molecule has 4 heteroatoms. The van der Waals surface area contributed by atoms with Gasteiger partial charge in [0.2, 0.25) is 0 Å². The Bertz CT molecular complexity index is 501. The van der Waals surface area contributed by atoms with Gasteiger partial charge in [-0.25, -0.2) is 0 Å². The van der Waals surface area contributed by atoms with Gasteiger partial charge >= 0.3 is 0 Å². The van der Waals surface area contributed by atoms with E-state index in [-0.39, 0.29) is 0 Å². The molecule has 1 aromatic rings. The lowest BCUT2D eigenvalue weighted by atomic mass is 9.93. The van der Waals surface area contributed by atoms with Crippen LogP contribution in [-0.2, 0) is 0 Å². The molecule has 0 aliphatic heterocycles. The minimum absolute atomic E-state index is 0.578. The van der Waals surface area contributed by atoms with Crippen LogP contribution in [0.1, 0.15) is 12.8 Å². The minimum Gasteiger partial charge on any atom is -0.383 e. The molecule has 3 atom stereocenters. The van der Waals surface area contributed by atoms with Gasteiger partial charge in [0.1, 0.15) is 0 Å². The second-order valence-electron chi connectivity index (χ2n) is 5.14. The van der Waals surface area contributed by atoms with Gasteiger partial charge in [-0.1, -0.05) is 35.4 Å². The van der Waals surface area contributed by atoms with Crippen LogP contribution in [0, 0.1) is 17.8 Å². The summed E-state index contributed by atoms with van der Waals surface area (Å²) in [6.45, 7) is 0.975. The van der Waals surface area contributed by atoms with Crippen molar-refractivity contribution in [2.75, 3.05) is 11.9 Å². The third-order valence-corrected chi connectivity index (χ3v) is 5.78. The number of rotatable bonds is 3. The van der Waals surface area contributed by atoms with Gasteiger partial charge in [-0.2, -0.15) is 0 Å². The van der Waals surface area contributed by atoms with E-state index in [0.29, 0.717) is 10.0 Å². The Hall–Kier alpha value is -0.180. The average molecular weight is 347 g/mol. The van der Waals surface area contributed by atoms with Crippen LogP contribution in [0.4, 0.5) is 5.69 Å². The van der Waals surface area contributed by atoms with E-state index in [1.165, 1.54) is 12.8 Å². The lowest BCUT2D eigenvalue weighted by Crippen LogP contribution is -2.18. The fraction of sp³-hybridized carbons (Fsp3) is 0.429. The summed E-state index contributed by atoms with van der Waals surface area (Å²) in [6, 6.07) is 3.90. The summed E-state index contributed by atoms with van der Waals surface area (Å²) in [7, 11) is 0. The maximum Gasteiger partial charge on any atom is 0.0835 e. The van der Waals surface area contributed by atoms with Crippen molar-refractivity contribution in [2.45, 2.75) is 12.8 Å². The minimum atomic E-state index is 0.578.